The SMILES string of the molecule is C=C/C=C(\C(=C)C)c1ncco1.CC. The summed E-state index contributed by atoms with van der Waals surface area (Å²) in [7, 11) is 0. The highest BCUT2D eigenvalue weighted by Crippen LogP contribution is 2.19. The zero-order valence-electron chi connectivity index (χ0n) is 9.08. The molecule has 0 aliphatic carbocycles. The van der Waals surface area contributed by atoms with Crippen molar-refractivity contribution in [3.8, 4) is 0 Å². The van der Waals surface area contributed by atoms with Crippen molar-refractivity contribution in [2.45, 2.75) is 20.8 Å². The van der Waals surface area contributed by atoms with Crippen LogP contribution in [-0.4, -0.2) is 4.98 Å². The summed E-state index contributed by atoms with van der Waals surface area (Å²) in [5.74, 6) is 0.586. The van der Waals surface area contributed by atoms with E-state index in [0.29, 0.717) is 5.89 Å². The van der Waals surface area contributed by atoms with Gasteiger partial charge in [0.1, 0.15) is 6.26 Å². The highest BCUT2D eigenvalue weighted by Gasteiger charge is 2.04. The molecule has 2 nitrogen and oxygen atoms in total. The Hall–Kier alpha value is -1.57. The second kappa shape index (κ2) is 6.89. The molecule has 1 aromatic heterocycles. The Labute approximate surface area is 85.7 Å². The molecule has 0 radical (unpaired) electrons. The Morgan fingerprint density at radius 3 is 2.50 bits per heavy atom. The Bertz CT molecular complexity index is 307. The van der Waals surface area contributed by atoms with E-state index in [0.717, 1.165) is 11.1 Å². The van der Waals surface area contributed by atoms with Crippen molar-refractivity contribution in [3.05, 3.63) is 49.2 Å². The topological polar surface area (TPSA) is 26.0 Å². The first-order chi connectivity index (χ1) is 6.75. The molecule has 0 N–H and O–H groups in total. The van der Waals surface area contributed by atoms with Crippen molar-refractivity contribution >= 4 is 5.57 Å². The summed E-state index contributed by atoms with van der Waals surface area (Å²) in [4.78, 5) is 4.01. The van der Waals surface area contributed by atoms with Gasteiger partial charge in [0.05, 0.1) is 6.20 Å². The van der Waals surface area contributed by atoms with Crippen LogP contribution in [0.25, 0.3) is 5.57 Å². The quantitative estimate of drug-likeness (QED) is 0.678. The lowest BCUT2D eigenvalue weighted by molar-refractivity contribution is 0.542. The Balaban J connectivity index is 0.000000791. The minimum absolute atomic E-state index is 0.586. The van der Waals surface area contributed by atoms with Gasteiger partial charge in [-0.1, -0.05) is 33.1 Å². The molecule has 0 saturated carbocycles. The molecule has 2 heteroatoms. The van der Waals surface area contributed by atoms with Crippen LogP contribution in [0.4, 0.5) is 0 Å². The Morgan fingerprint density at radius 2 is 2.14 bits per heavy atom. The van der Waals surface area contributed by atoms with Crippen molar-refractivity contribution < 1.29 is 4.42 Å². The Morgan fingerprint density at radius 1 is 1.50 bits per heavy atom. The summed E-state index contributed by atoms with van der Waals surface area (Å²) in [6.07, 6.45) is 6.66. The number of rotatable bonds is 3. The summed E-state index contributed by atoms with van der Waals surface area (Å²) in [6.45, 7) is 13.3. The fraction of sp³-hybridized carbons (Fsp3) is 0.250. The second-order valence-electron chi connectivity index (χ2n) is 2.43. The molecule has 0 fully saturated rings. The van der Waals surface area contributed by atoms with Gasteiger partial charge in [0.25, 0.3) is 0 Å². The molecule has 14 heavy (non-hydrogen) atoms. The van der Waals surface area contributed by atoms with E-state index in [2.05, 4.69) is 18.1 Å². The predicted molar refractivity (Wildman–Crippen MR) is 60.8 cm³/mol. The minimum atomic E-state index is 0.586. The van der Waals surface area contributed by atoms with Gasteiger partial charge in [0, 0.05) is 5.57 Å². The van der Waals surface area contributed by atoms with Gasteiger partial charge in [-0.25, -0.2) is 4.98 Å². The highest BCUT2D eigenvalue weighted by molar-refractivity contribution is 5.73. The predicted octanol–water partition coefficient (Wildman–Crippen LogP) is 3.85. The summed E-state index contributed by atoms with van der Waals surface area (Å²) in [5.41, 5.74) is 1.80. The lowest BCUT2D eigenvalue weighted by atomic mass is 10.1. The molecule has 0 amide bonds. The van der Waals surface area contributed by atoms with Gasteiger partial charge in [-0.2, -0.15) is 0 Å². The zero-order chi connectivity index (χ0) is 11.0. The Kier molecular flexibility index (Phi) is 6.12. The molecule has 0 bridgehead atoms. The van der Waals surface area contributed by atoms with E-state index in [4.69, 9.17) is 4.42 Å². The number of oxazole rings is 1. The van der Waals surface area contributed by atoms with Crippen LogP contribution in [0.2, 0.25) is 0 Å². The molecule has 1 heterocycles. The third-order valence-corrected chi connectivity index (χ3v) is 1.41. The number of nitrogens with zero attached hydrogens (tertiary/aromatic N) is 1. The number of aromatic nitrogens is 1. The van der Waals surface area contributed by atoms with Gasteiger partial charge in [0.15, 0.2) is 0 Å². The first kappa shape index (κ1) is 12.4. The average Bonchev–Trinajstić information content (AvgIpc) is 2.69. The first-order valence-corrected chi connectivity index (χ1v) is 4.64. The maximum absolute atomic E-state index is 5.12. The van der Waals surface area contributed by atoms with Gasteiger partial charge in [0.2, 0.25) is 5.89 Å². The fourth-order valence-corrected chi connectivity index (χ4v) is 0.870. The smallest absolute Gasteiger partial charge is 0.226 e. The average molecular weight is 191 g/mol. The van der Waals surface area contributed by atoms with Crippen LogP contribution in [0.5, 0.6) is 0 Å². The summed E-state index contributed by atoms with van der Waals surface area (Å²) in [6, 6.07) is 0. The van der Waals surface area contributed by atoms with Gasteiger partial charge >= 0.3 is 0 Å². The van der Waals surface area contributed by atoms with Crippen LogP contribution in [0.15, 0.2) is 47.8 Å². The van der Waals surface area contributed by atoms with E-state index >= 15 is 0 Å². The van der Waals surface area contributed by atoms with Crippen LogP contribution in [0.1, 0.15) is 26.7 Å². The molecule has 0 unspecified atom stereocenters. The lowest BCUT2D eigenvalue weighted by Crippen LogP contribution is -1.84. The molecule has 1 rings (SSSR count). The van der Waals surface area contributed by atoms with Gasteiger partial charge in [-0.05, 0) is 18.6 Å². The van der Waals surface area contributed by atoms with Gasteiger partial charge in [-0.3, -0.25) is 0 Å². The van der Waals surface area contributed by atoms with Crippen molar-refractivity contribution in [1.82, 2.24) is 4.98 Å². The fourth-order valence-electron chi connectivity index (χ4n) is 0.870. The van der Waals surface area contributed by atoms with E-state index < -0.39 is 0 Å². The first-order valence-electron chi connectivity index (χ1n) is 4.64. The lowest BCUT2D eigenvalue weighted by Gasteiger charge is -1.98. The van der Waals surface area contributed by atoms with Gasteiger partial charge in [-0.15, -0.1) is 0 Å². The monoisotopic (exact) mass is 191 g/mol. The molecule has 76 valence electrons. The standard InChI is InChI=1S/C10H11NO.C2H6/c1-4-5-9(8(2)3)10-11-6-7-12-10;1-2/h4-7H,1-2H2,3H3;1-2H3/b9-5+;. The minimum Gasteiger partial charge on any atom is -0.445 e. The molecule has 1 aromatic rings. The van der Waals surface area contributed by atoms with Crippen molar-refractivity contribution in [2.75, 3.05) is 0 Å². The van der Waals surface area contributed by atoms with E-state index in [9.17, 15) is 0 Å². The van der Waals surface area contributed by atoms with E-state index in [1.54, 1.807) is 12.3 Å². The third kappa shape index (κ3) is 3.44. The normalized spacial score (nSPS) is 10.1. The molecule has 0 saturated heterocycles. The van der Waals surface area contributed by atoms with E-state index in [1.165, 1.54) is 6.26 Å². The molecule has 0 spiro atoms. The van der Waals surface area contributed by atoms with Crippen LogP contribution < -0.4 is 0 Å². The molecular formula is C12H17NO. The van der Waals surface area contributed by atoms with E-state index in [-0.39, 0.29) is 0 Å². The third-order valence-electron chi connectivity index (χ3n) is 1.41. The molecule has 0 aromatic carbocycles. The number of allylic oxidation sites excluding steroid dienone is 4. The van der Waals surface area contributed by atoms with Crippen LogP contribution in [-0.2, 0) is 0 Å². The van der Waals surface area contributed by atoms with Gasteiger partial charge < -0.3 is 4.42 Å². The molecule has 0 aliphatic rings. The maximum Gasteiger partial charge on any atom is 0.226 e. The highest BCUT2D eigenvalue weighted by atomic mass is 16.3. The summed E-state index contributed by atoms with van der Waals surface area (Å²) in [5, 5.41) is 0. The number of hydrogen-bond acceptors (Lipinski definition) is 2. The summed E-state index contributed by atoms with van der Waals surface area (Å²) < 4.78 is 5.12. The van der Waals surface area contributed by atoms with Crippen molar-refractivity contribution in [2.24, 2.45) is 0 Å². The second-order valence-corrected chi connectivity index (χ2v) is 2.43. The molecule has 0 atom stereocenters. The van der Waals surface area contributed by atoms with E-state index in [1.807, 2.05) is 26.8 Å². The maximum atomic E-state index is 5.12. The van der Waals surface area contributed by atoms with Crippen molar-refractivity contribution in [1.29, 1.82) is 0 Å². The largest absolute Gasteiger partial charge is 0.445 e. The van der Waals surface area contributed by atoms with Crippen LogP contribution in [0, 0.1) is 0 Å². The number of hydrogen-bond donors (Lipinski definition) is 0. The molecule has 0 aliphatic heterocycles. The zero-order valence-corrected chi connectivity index (χ0v) is 9.08. The van der Waals surface area contributed by atoms with Crippen molar-refractivity contribution in [3.63, 3.8) is 0 Å². The van der Waals surface area contributed by atoms with Crippen LogP contribution >= 0.6 is 0 Å². The summed E-state index contributed by atoms with van der Waals surface area (Å²) >= 11 is 0. The molecular weight excluding hydrogens is 174 g/mol. The van der Waals surface area contributed by atoms with Crippen LogP contribution in [0.3, 0.4) is 0 Å².